The second kappa shape index (κ2) is 5.48. The monoisotopic (exact) mass is 333 g/mol. The van der Waals surface area contributed by atoms with E-state index in [2.05, 4.69) is 93.9 Å². The second-order valence-electron chi connectivity index (χ2n) is 7.87. The highest BCUT2D eigenvalue weighted by atomic mass is 16.7. The molecule has 1 saturated heterocycles. The Morgan fingerprint density at radius 3 is 2.24 bits per heavy atom. The van der Waals surface area contributed by atoms with Crippen molar-refractivity contribution in [1.29, 1.82) is 0 Å². The number of benzene rings is 2. The Morgan fingerprint density at radius 2 is 1.56 bits per heavy atom. The third-order valence-corrected chi connectivity index (χ3v) is 5.64. The molecule has 2 heterocycles. The van der Waals surface area contributed by atoms with Crippen LogP contribution in [0.4, 0.5) is 0 Å². The highest BCUT2D eigenvalue weighted by Crippen LogP contribution is 2.36. The largest absolute Gasteiger partial charge is 0.495 e. The van der Waals surface area contributed by atoms with Crippen LogP contribution in [0.15, 0.2) is 54.7 Å². The summed E-state index contributed by atoms with van der Waals surface area (Å²) in [6.07, 6.45) is 2.12. The zero-order valence-electron chi connectivity index (χ0n) is 15.5. The summed E-state index contributed by atoms with van der Waals surface area (Å²) in [5, 5.41) is 1.25. The van der Waals surface area contributed by atoms with E-state index in [-0.39, 0.29) is 18.3 Å². The zero-order chi connectivity index (χ0) is 17.8. The molecule has 0 spiro atoms. The molecule has 4 heteroatoms. The van der Waals surface area contributed by atoms with E-state index in [1.165, 1.54) is 16.5 Å². The van der Waals surface area contributed by atoms with E-state index >= 15 is 0 Å². The molecule has 2 aromatic carbocycles. The molecule has 0 atom stereocenters. The van der Waals surface area contributed by atoms with Gasteiger partial charge in [0.15, 0.2) is 0 Å². The molecular weight excluding hydrogens is 309 g/mol. The first kappa shape index (κ1) is 16.4. The van der Waals surface area contributed by atoms with Gasteiger partial charge in [-0.3, -0.25) is 0 Å². The first-order valence-corrected chi connectivity index (χ1v) is 8.81. The Bertz CT molecular complexity index is 926. The molecule has 0 bridgehead atoms. The summed E-state index contributed by atoms with van der Waals surface area (Å²) in [7, 11) is -0.319. The molecule has 3 nitrogen and oxygen atoms in total. The summed E-state index contributed by atoms with van der Waals surface area (Å²) in [6.45, 7) is 10.5. The number of rotatable bonds is 2. The van der Waals surface area contributed by atoms with Crippen molar-refractivity contribution in [1.82, 2.24) is 4.57 Å². The fourth-order valence-electron chi connectivity index (χ4n) is 3.35. The Hall–Kier alpha value is -2.04. The summed E-state index contributed by atoms with van der Waals surface area (Å²) in [6, 6.07) is 17.0. The Morgan fingerprint density at radius 1 is 0.880 bits per heavy atom. The Labute approximate surface area is 149 Å². The highest BCUT2D eigenvalue weighted by molar-refractivity contribution is 6.62. The molecule has 1 aliphatic heterocycles. The molecule has 3 aromatic rings. The van der Waals surface area contributed by atoms with Gasteiger partial charge in [0.1, 0.15) is 0 Å². The molecule has 0 aliphatic carbocycles. The van der Waals surface area contributed by atoms with E-state index in [4.69, 9.17) is 9.31 Å². The van der Waals surface area contributed by atoms with E-state index in [0.717, 1.165) is 11.2 Å². The molecule has 4 rings (SSSR count). The fourth-order valence-corrected chi connectivity index (χ4v) is 3.35. The van der Waals surface area contributed by atoms with Crippen molar-refractivity contribution in [3.63, 3.8) is 0 Å². The van der Waals surface area contributed by atoms with Gasteiger partial charge in [-0.25, -0.2) is 0 Å². The van der Waals surface area contributed by atoms with E-state index < -0.39 is 0 Å². The van der Waals surface area contributed by atoms with Crippen LogP contribution in [-0.4, -0.2) is 22.9 Å². The van der Waals surface area contributed by atoms with Crippen LogP contribution in [0.3, 0.4) is 0 Å². The molecule has 0 saturated carbocycles. The first-order chi connectivity index (χ1) is 11.8. The number of nitrogens with zero attached hydrogens (tertiary/aromatic N) is 1. The highest BCUT2D eigenvalue weighted by Gasteiger charge is 2.52. The molecule has 25 heavy (non-hydrogen) atoms. The van der Waals surface area contributed by atoms with Gasteiger partial charge in [0.05, 0.1) is 16.7 Å². The molecule has 0 radical (unpaired) electrons. The van der Waals surface area contributed by atoms with E-state index in [1.54, 1.807) is 0 Å². The first-order valence-electron chi connectivity index (χ1n) is 8.81. The Balaban J connectivity index is 1.71. The molecule has 1 aliphatic rings. The standard InChI is InChI=1S/C21H24BNO2/c1-15-14-17(23-13-12-16-8-6-7-9-19(16)23)10-11-18(15)22-24-20(2,3)21(4,5)25-22/h6-14H,1-5H3. The predicted octanol–water partition coefficient (Wildman–Crippen LogP) is 4.24. The van der Waals surface area contributed by atoms with Crippen molar-refractivity contribution >= 4 is 23.5 Å². The molecular formula is C21H24BNO2. The lowest BCUT2D eigenvalue weighted by molar-refractivity contribution is 0.00578. The maximum atomic E-state index is 6.20. The number of para-hydroxylation sites is 1. The lowest BCUT2D eigenvalue weighted by Crippen LogP contribution is -2.41. The molecule has 0 amide bonds. The van der Waals surface area contributed by atoms with Crippen LogP contribution in [0, 0.1) is 6.92 Å². The average Bonchev–Trinajstić information content (AvgIpc) is 3.05. The minimum absolute atomic E-state index is 0.319. The Kier molecular flexibility index (Phi) is 3.60. The quantitative estimate of drug-likeness (QED) is 0.655. The van der Waals surface area contributed by atoms with Gasteiger partial charge in [-0.2, -0.15) is 0 Å². The van der Waals surface area contributed by atoms with Crippen molar-refractivity contribution in [2.75, 3.05) is 0 Å². The number of hydrogen-bond donors (Lipinski definition) is 0. The van der Waals surface area contributed by atoms with Crippen molar-refractivity contribution in [2.24, 2.45) is 0 Å². The number of aryl methyl sites for hydroxylation is 1. The van der Waals surface area contributed by atoms with Gasteiger partial charge < -0.3 is 13.9 Å². The third-order valence-electron chi connectivity index (χ3n) is 5.64. The average molecular weight is 333 g/mol. The number of hydrogen-bond acceptors (Lipinski definition) is 2. The second-order valence-corrected chi connectivity index (χ2v) is 7.87. The summed E-state index contributed by atoms with van der Waals surface area (Å²) in [4.78, 5) is 0. The summed E-state index contributed by atoms with van der Waals surface area (Å²) >= 11 is 0. The zero-order valence-corrected chi connectivity index (χ0v) is 15.5. The maximum Gasteiger partial charge on any atom is 0.495 e. The SMILES string of the molecule is Cc1cc(-n2ccc3ccccc32)ccc1B1OC(C)(C)C(C)(C)O1. The minimum Gasteiger partial charge on any atom is -0.399 e. The molecule has 1 fully saturated rings. The van der Waals surface area contributed by atoms with Crippen LogP contribution in [-0.2, 0) is 9.31 Å². The van der Waals surface area contributed by atoms with Crippen LogP contribution in [0.2, 0.25) is 0 Å². The molecule has 0 unspecified atom stereocenters. The summed E-state index contributed by atoms with van der Waals surface area (Å²) in [5.74, 6) is 0. The van der Waals surface area contributed by atoms with Gasteiger partial charge in [-0.05, 0) is 75.3 Å². The van der Waals surface area contributed by atoms with Crippen molar-refractivity contribution in [3.8, 4) is 5.69 Å². The van der Waals surface area contributed by atoms with Gasteiger partial charge in [0, 0.05) is 11.9 Å². The van der Waals surface area contributed by atoms with Crippen LogP contribution < -0.4 is 5.46 Å². The van der Waals surface area contributed by atoms with Gasteiger partial charge in [-0.1, -0.05) is 24.3 Å². The topological polar surface area (TPSA) is 23.4 Å². The van der Waals surface area contributed by atoms with E-state index in [1.807, 2.05) is 0 Å². The van der Waals surface area contributed by atoms with Gasteiger partial charge in [0.25, 0.3) is 0 Å². The third kappa shape index (κ3) is 2.61. The van der Waals surface area contributed by atoms with Gasteiger partial charge >= 0.3 is 7.12 Å². The minimum atomic E-state index is -0.320. The number of aromatic nitrogens is 1. The molecule has 128 valence electrons. The van der Waals surface area contributed by atoms with Crippen LogP contribution >= 0.6 is 0 Å². The number of fused-ring (bicyclic) bond motifs is 1. The normalized spacial score (nSPS) is 18.8. The smallest absolute Gasteiger partial charge is 0.399 e. The van der Waals surface area contributed by atoms with E-state index in [9.17, 15) is 0 Å². The summed E-state index contributed by atoms with van der Waals surface area (Å²) in [5.41, 5.74) is 4.00. The van der Waals surface area contributed by atoms with Gasteiger partial charge in [-0.15, -0.1) is 0 Å². The van der Waals surface area contributed by atoms with Crippen molar-refractivity contribution < 1.29 is 9.31 Å². The molecule has 0 N–H and O–H groups in total. The van der Waals surface area contributed by atoms with Crippen LogP contribution in [0.5, 0.6) is 0 Å². The maximum absolute atomic E-state index is 6.20. The lowest BCUT2D eigenvalue weighted by atomic mass is 9.76. The van der Waals surface area contributed by atoms with Crippen molar-refractivity contribution in [2.45, 2.75) is 45.8 Å². The fraction of sp³-hybridized carbons (Fsp3) is 0.333. The summed E-state index contributed by atoms with van der Waals surface area (Å²) < 4.78 is 14.6. The van der Waals surface area contributed by atoms with Crippen LogP contribution in [0.25, 0.3) is 16.6 Å². The lowest BCUT2D eigenvalue weighted by Gasteiger charge is -2.32. The van der Waals surface area contributed by atoms with Crippen molar-refractivity contribution in [3.05, 3.63) is 60.3 Å². The predicted molar refractivity (Wildman–Crippen MR) is 104 cm³/mol. The van der Waals surface area contributed by atoms with E-state index in [0.29, 0.717) is 0 Å². The molecule has 1 aromatic heterocycles. The van der Waals surface area contributed by atoms with Crippen LogP contribution in [0.1, 0.15) is 33.3 Å². The van der Waals surface area contributed by atoms with Gasteiger partial charge in [0.2, 0.25) is 0 Å².